The summed E-state index contributed by atoms with van der Waals surface area (Å²) in [6.07, 6.45) is 6.36. The monoisotopic (exact) mass is 241 g/mol. The lowest BCUT2D eigenvalue weighted by atomic mass is 10.3. The SMILES string of the molecule is C=Cn1cc(CNCCSCCCO)cn1. The minimum atomic E-state index is 0.293. The summed E-state index contributed by atoms with van der Waals surface area (Å²) >= 11 is 1.86. The van der Waals surface area contributed by atoms with E-state index in [4.69, 9.17) is 5.11 Å². The predicted octanol–water partition coefficient (Wildman–Crippen LogP) is 1.19. The number of rotatable bonds is 9. The van der Waals surface area contributed by atoms with Crippen LogP contribution in [0.2, 0.25) is 0 Å². The second-order valence-corrected chi connectivity index (χ2v) is 4.60. The summed E-state index contributed by atoms with van der Waals surface area (Å²) in [6.45, 7) is 5.75. The zero-order valence-electron chi connectivity index (χ0n) is 9.43. The molecule has 0 amide bonds. The van der Waals surface area contributed by atoms with Gasteiger partial charge in [-0.3, -0.25) is 0 Å². The van der Waals surface area contributed by atoms with E-state index in [0.29, 0.717) is 6.61 Å². The first kappa shape index (κ1) is 13.3. The molecule has 0 atom stereocenters. The first-order chi connectivity index (χ1) is 7.86. The van der Waals surface area contributed by atoms with Crippen LogP contribution in [0.25, 0.3) is 6.20 Å². The van der Waals surface area contributed by atoms with Crippen molar-refractivity contribution in [3.8, 4) is 0 Å². The van der Waals surface area contributed by atoms with Gasteiger partial charge in [-0.05, 0) is 12.2 Å². The van der Waals surface area contributed by atoms with E-state index in [0.717, 1.165) is 31.0 Å². The van der Waals surface area contributed by atoms with Gasteiger partial charge in [-0.2, -0.15) is 16.9 Å². The minimum absolute atomic E-state index is 0.293. The van der Waals surface area contributed by atoms with Gasteiger partial charge in [0.1, 0.15) is 0 Å². The van der Waals surface area contributed by atoms with Crippen LogP contribution in [0.5, 0.6) is 0 Å². The number of thioether (sulfide) groups is 1. The number of aliphatic hydroxyl groups is 1. The van der Waals surface area contributed by atoms with Gasteiger partial charge in [-0.15, -0.1) is 0 Å². The number of hydrogen-bond donors (Lipinski definition) is 2. The summed E-state index contributed by atoms with van der Waals surface area (Å²) in [5.41, 5.74) is 1.17. The van der Waals surface area contributed by atoms with E-state index in [1.54, 1.807) is 10.9 Å². The van der Waals surface area contributed by atoms with E-state index in [-0.39, 0.29) is 0 Å². The molecule has 1 heterocycles. The van der Waals surface area contributed by atoms with Crippen LogP contribution in [0.4, 0.5) is 0 Å². The Morgan fingerprint density at radius 2 is 2.44 bits per heavy atom. The Balaban J connectivity index is 2.00. The van der Waals surface area contributed by atoms with Crippen LogP contribution in [0.1, 0.15) is 12.0 Å². The molecule has 0 bridgehead atoms. The summed E-state index contributed by atoms with van der Waals surface area (Å²) in [5.74, 6) is 2.11. The van der Waals surface area contributed by atoms with Crippen LogP contribution in [0, 0.1) is 0 Å². The molecule has 0 aliphatic carbocycles. The van der Waals surface area contributed by atoms with Gasteiger partial charge in [-0.1, -0.05) is 6.58 Å². The molecule has 0 fully saturated rings. The fourth-order valence-electron chi connectivity index (χ4n) is 1.21. The van der Waals surface area contributed by atoms with Gasteiger partial charge in [-0.25, -0.2) is 4.68 Å². The van der Waals surface area contributed by atoms with Crippen LogP contribution >= 0.6 is 11.8 Å². The maximum absolute atomic E-state index is 8.60. The van der Waals surface area contributed by atoms with E-state index < -0.39 is 0 Å². The molecule has 0 spiro atoms. The first-order valence-electron chi connectivity index (χ1n) is 5.41. The third-order valence-electron chi connectivity index (χ3n) is 2.04. The van der Waals surface area contributed by atoms with Gasteiger partial charge < -0.3 is 10.4 Å². The van der Waals surface area contributed by atoms with Crippen molar-refractivity contribution in [2.45, 2.75) is 13.0 Å². The second kappa shape index (κ2) is 8.38. The quantitative estimate of drug-likeness (QED) is 0.638. The molecule has 0 aliphatic heterocycles. The normalized spacial score (nSPS) is 10.6. The maximum Gasteiger partial charge on any atom is 0.0538 e. The Morgan fingerprint density at radius 3 is 3.12 bits per heavy atom. The van der Waals surface area contributed by atoms with Gasteiger partial charge in [0.05, 0.1) is 6.20 Å². The third-order valence-corrected chi connectivity index (χ3v) is 3.11. The number of aliphatic hydroxyl groups excluding tert-OH is 1. The minimum Gasteiger partial charge on any atom is -0.396 e. The Kier molecular flexibility index (Phi) is 6.96. The van der Waals surface area contributed by atoms with Gasteiger partial charge in [0.25, 0.3) is 0 Å². The van der Waals surface area contributed by atoms with Crippen molar-refractivity contribution in [1.82, 2.24) is 15.1 Å². The van der Waals surface area contributed by atoms with Crippen molar-refractivity contribution >= 4 is 18.0 Å². The first-order valence-corrected chi connectivity index (χ1v) is 6.57. The molecule has 0 aromatic carbocycles. The van der Waals surface area contributed by atoms with Gasteiger partial charge in [0.15, 0.2) is 0 Å². The highest BCUT2D eigenvalue weighted by Gasteiger charge is 1.95. The summed E-state index contributed by atoms with van der Waals surface area (Å²) in [5, 5.41) is 16.0. The molecular weight excluding hydrogens is 222 g/mol. The van der Waals surface area contributed by atoms with Crippen molar-refractivity contribution in [3.05, 3.63) is 24.5 Å². The molecule has 0 saturated heterocycles. The Morgan fingerprint density at radius 1 is 1.56 bits per heavy atom. The second-order valence-electron chi connectivity index (χ2n) is 3.38. The fourth-order valence-corrected chi connectivity index (χ4v) is 2.04. The number of aromatic nitrogens is 2. The average Bonchev–Trinajstić information content (AvgIpc) is 2.76. The van der Waals surface area contributed by atoms with Crippen molar-refractivity contribution in [1.29, 1.82) is 0 Å². The molecular formula is C11H19N3OS. The largest absolute Gasteiger partial charge is 0.396 e. The summed E-state index contributed by atoms with van der Waals surface area (Å²) in [7, 11) is 0. The highest BCUT2D eigenvalue weighted by Crippen LogP contribution is 2.01. The highest BCUT2D eigenvalue weighted by atomic mass is 32.2. The molecule has 16 heavy (non-hydrogen) atoms. The molecule has 0 aliphatic rings. The van der Waals surface area contributed by atoms with Crippen molar-refractivity contribution in [2.24, 2.45) is 0 Å². The molecule has 0 unspecified atom stereocenters. The summed E-state index contributed by atoms with van der Waals surface area (Å²) in [4.78, 5) is 0. The van der Waals surface area contributed by atoms with Gasteiger partial charge >= 0.3 is 0 Å². The smallest absolute Gasteiger partial charge is 0.0538 e. The molecule has 2 N–H and O–H groups in total. The van der Waals surface area contributed by atoms with Crippen molar-refractivity contribution in [3.63, 3.8) is 0 Å². The van der Waals surface area contributed by atoms with E-state index in [1.807, 2.05) is 24.2 Å². The van der Waals surface area contributed by atoms with E-state index >= 15 is 0 Å². The average molecular weight is 241 g/mol. The molecule has 1 aromatic heterocycles. The zero-order valence-corrected chi connectivity index (χ0v) is 10.2. The molecule has 1 aromatic rings. The van der Waals surface area contributed by atoms with Crippen LogP contribution in [0.15, 0.2) is 19.0 Å². The standard InChI is InChI=1S/C11H19N3OS/c1-2-14-10-11(9-13-14)8-12-4-7-16-6-3-5-15/h2,9-10,12,15H,1,3-8H2. The molecule has 4 nitrogen and oxygen atoms in total. The Hall–Kier alpha value is -0.780. The number of nitrogens with zero attached hydrogens (tertiary/aromatic N) is 2. The number of nitrogens with one attached hydrogen (secondary N) is 1. The lowest BCUT2D eigenvalue weighted by Crippen LogP contribution is -2.16. The Labute approximate surface area is 101 Å². The molecule has 0 radical (unpaired) electrons. The topological polar surface area (TPSA) is 50.1 Å². The Bertz CT molecular complexity index is 301. The predicted molar refractivity (Wildman–Crippen MR) is 69.3 cm³/mol. The van der Waals surface area contributed by atoms with E-state index in [2.05, 4.69) is 17.0 Å². The van der Waals surface area contributed by atoms with Crippen molar-refractivity contribution in [2.75, 3.05) is 24.7 Å². The molecule has 5 heteroatoms. The van der Waals surface area contributed by atoms with Gasteiger partial charge in [0, 0.05) is 43.4 Å². The fraction of sp³-hybridized carbons (Fsp3) is 0.545. The molecule has 90 valence electrons. The van der Waals surface area contributed by atoms with E-state index in [9.17, 15) is 0 Å². The van der Waals surface area contributed by atoms with Crippen LogP contribution < -0.4 is 5.32 Å². The lowest BCUT2D eigenvalue weighted by molar-refractivity contribution is 0.296. The van der Waals surface area contributed by atoms with Crippen LogP contribution in [0.3, 0.4) is 0 Å². The lowest BCUT2D eigenvalue weighted by Gasteiger charge is -2.02. The van der Waals surface area contributed by atoms with Crippen molar-refractivity contribution < 1.29 is 5.11 Å². The highest BCUT2D eigenvalue weighted by molar-refractivity contribution is 7.99. The molecule has 0 saturated carbocycles. The number of hydrogen-bond acceptors (Lipinski definition) is 4. The molecule has 1 rings (SSSR count). The zero-order chi connectivity index (χ0) is 11.6. The van der Waals surface area contributed by atoms with Gasteiger partial charge in [0.2, 0.25) is 0 Å². The van der Waals surface area contributed by atoms with E-state index in [1.165, 1.54) is 5.56 Å². The maximum atomic E-state index is 8.60. The summed E-state index contributed by atoms with van der Waals surface area (Å²) in [6, 6.07) is 0. The van der Waals surface area contributed by atoms with Crippen LogP contribution in [-0.2, 0) is 6.54 Å². The summed E-state index contributed by atoms with van der Waals surface area (Å²) < 4.78 is 1.70. The third kappa shape index (κ3) is 5.34. The van der Waals surface area contributed by atoms with Crippen LogP contribution in [-0.4, -0.2) is 39.5 Å².